The molecule has 0 saturated carbocycles. The number of hydrogen-bond acceptors (Lipinski definition) is 5. The first-order chi connectivity index (χ1) is 8.73. The van der Waals surface area contributed by atoms with Gasteiger partial charge in [0, 0.05) is 27.8 Å². The molecule has 0 spiro atoms. The molecular formula is C13H17NO4. The standard InChI is InChI=1S/C13H17NO4/c1-15-13(16-2,17-3)7-6-10-4-5-11-12(8-10)18-9-14-11/h4-5,8-9H,6-7H2,1-3H3. The molecule has 2 rings (SSSR count). The third-order valence-corrected chi connectivity index (χ3v) is 3.05. The quantitative estimate of drug-likeness (QED) is 0.738. The van der Waals surface area contributed by atoms with E-state index in [-0.39, 0.29) is 0 Å². The van der Waals surface area contributed by atoms with Gasteiger partial charge in [-0.3, -0.25) is 0 Å². The third kappa shape index (κ3) is 2.53. The monoisotopic (exact) mass is 251 g/mol. The molecule has 0 unspecified atom stereocenters. The van der Waals surface area contributed by atoms with Crippen LogP contribution in [0.15, 0.2) is 29.0 Å². The van der Waals surface area contributed by atoms with Gasteiger partial charge in [0.05, 0.1) is 0 Å². The Bertz CT molecular complexity index is 496. The average molecular weight is 251 g/mol. The number of aryl methyl sites for hydroxylation is 1. The van der Waals surface area contributed by atoms with E-state index in [1.54, 1.807) is 21.3 Å². The molecule has 1 aromatic carbocycles. The smallest absolute Gasteiger partial charge is 0.282 e. The van der Waals surface area contributed by atoms with Gasteiger partial charge in [-0.05, 0) is 24.1 Å². The Labute approximate surface area is 106 Å². The highest BCUT2D eigenvalue weighted by atomic mass is 16.9. The first kappa shape index (κ1) is 13.0. The van der Waals surface area contributed by atoms with E-state index in [1.807, 2.05) is 18.2 Å². The summed E-state index contributed by atoms with van der Waals surface area (Å²) in [7, 11) is 4.69. The molecule has 0 aliphatic carbocycles. The summed E-state index contributed by atoms with van der Waals surface area (Å²) in [6, 6.07) is 5.91. The third-order valence-electron chi connectivity index (χ3n) is 3.05. The number of ether oxygens (including phenoxy) is 3. The van der Waals surface area contributed by atoms with Crippen LogP contribution in [0.3, 0.4) is 0 Å². The van der Waals surface area contributed by atoms with Crippen LogP contribution in [0.1, 0.15) is 12.0 Å². The fourth-order valence-electron chi connectivity index (χ4n) is 1.91. The molecule has 0 radical (unpaired) electrons. The maximum absolute atomic E-state index is 5.26. The van der Waals surface area contributed by atoms with Gasteiger partial charge in [-0.2, -0.15) is 0 Å². The number of aromatic nitrogens is 1. The molecular weight excluding hydrogens is 234 g/mol. The molecule has 2 aromatic rings. The Kier molecular flexibility index (Phi) is 3.96. The highest BCUT2D eigenvalue weighted by Gasteiger charge is 2.28. The lowest BCUT2D eigenvalue weighted by Crippen LogP contribution is -2.36. The summed E-state index contributed by atoms with van der Waals surface area (Å²) >= 11 is 0. The fourth-order valence-corrected chi connectivity index (χ4v) is 1.91. The lowest BCUT2D eigenvalue weighted by atomic mass is 10.1. The summed E-state index contributed by atoms with van der Waals surface area (Å²) in [5, 5.41) is 0. The maximum Gasteiger partial charge on any atom is 0.282 e. The molecule has 1 heterocycles. The van der Waals surface area contributed by atoms with Crippen LogP contribution >= 0.6 is 0 Å². The van der Waals surface area contributed by atoms with Crippen molar-refractivity contribution in [3.8, 4) is 0 Å². The zero-order valence-electron chi connectivity index (χ0n) is 10.8. The maximum atomic E-state index is 5.26. The second-order valence-corrected chi connectivity index (χ2v) is 3.95. The summed E-state index contributed by atoms with van der Waals surface area (Å²) < 4.78 is 21.0. The number of oxazole rings is 1. The van der Waals surface area contributed by atoms with Crippen molar-refractivity contribution < 1.29 is 18.6 Å². The van der Waals surface area contributed by atoms with Crippen molar-refractivity contribution in [2.75, 3.05) is 21.3 Å². The van der Waals surface area contributed by atoms with Gasteiger partial charge in [0.25, 0.3) is 5.97 Å². The number of methoxy groups -OCH3 is 3. The van der Waals surface area contributed by atoms with Gasteiger partial charge in [-0.15, -0.1) is 0 Å². The number of nitrogens with zero attached hydrogens (tertiary/aromatic N) is 1. The van der Waals surface area contributed by atoms with E-state index < -0.39 is 5.97 Å². The molecule has 98 valence electrons. The SMILES string of the molecule is COC(CCc1ccc2ncoc2c1)(OC)OC. The molecule has 18 heavy (non-hydrogen) atoms. The van der Waals surface area contributed by atoms with Crippen molar-refractivity contribution in [3.63, 3.8) is 0 Å². The minimum atomic E-state index is -0.990. The van der Waals surface area contributed by atoms with Crippen LogP contribution in [0.25, 0.3) is 11.1 Å². The van der Waals surface area contributed by atoms with Crippen molar-refractivity contribution >= 4 is 11.1 Å². The van der Waals surface area contributed by atoms with Crippen LogP contribution < -0.4 is 0 Å². The number of hydrogen-bond donors (Lipinski definition) is 0. The van der Waals surface area contributed by atoms with Crippen LogP contribution in [0.5, 0.6) is 0 Å². The van der Waals surface area contributed by atoms with Crippen LogP contribution in [-0.4, -0.2) is 32.3 Å². The summed E-state index contributed by atoms with van der Waals surface area (Å²) in [5.41, 5.74) is 2.76. The van der Waals surface area contributed by atoms with E-state index in [1.165, 1.54) is 6.39 Å². The Morgan fingerprint density at radius 3 is 2.56 bits per heavy atom. The predicted molar refractivity (Wildman–Crippen MR) is 66.1 cm³/mol. The van der Waals surface area contributed by atoms with Crippen molar-refractivity contribution in [3.05, 3.63) is 30.2 Å². The molecule has 0 fully saturated rings. The van der Waals surface area contributed by atoms with E-state index in [4.69, 9.17) is 18.6 Å². The lowest BCUT2D eigenvalue weighted by Gasteiger charge is -2.28. The lowest BCUT2D eigenvalue weighted by molar-refractivity contribution is -0.354. The van der Waals surface area contributed by atoms with E-state index >= 15 is 0 Å². The number of benzene rings is 1. The van der Waals surface area contributed by atoms with Crippen LogP contribution in [-0.2, 0) is 20.6 Å². The highest BCUT2D eigenvalue weighted by molar-refractivity contribution is 5.72. The van der Waals surface area contributed by atoms with Crippen LogP contribution in [0.4, 0.5) is 0 Å². The second kappa shape index (κ2) is 5.48. The normalized spacial score (nSPS) is 12.2. The highest BCUT2D eigenvalue weighted by Crippen LogP contribution is 2.22. The molecule has 0 aliphatic rings. The molecule has 5 heteroatoms. The molecule has 5 nitrogen and oxygen atoms in total. The van der Waals surface area contributed by atoms with E-state index in [0.29, 0.717) is 6.42 Å². The Morgan fingerprint density at radius 2 is 1.89 bits per heavy atom. The first-order valence-corrected chi connectivity index (χ1v) is 5.70. The Morgan fingerprint density at radius 1 is 1.17 bits per heavy atom. The molecule has 0 atom stereocenters. The van der Waals surface area contributed by atoms with Crippen molar-refractivity contribution in [1.82, 2.24) is 4.98 Å². The van der Waals surface area contributed by atoms with Gasteiger partial charge < -0.3 is 18.6 Å². The minimum absolute atomic E-state index is 0.593. The first-order valence-electron chi connectivity index (χ1n) is 5.70. The zero-order chi connectivity index (χ0) is 13.0. The van der Waals surface area contributed by atoms with Gasteiger partial charge >= 0.3 is 0 Å². The molecule has 1 aromatic heterocycles. The number of fused-ring (bicyclic) bond motifs is 1. The predicted octanol–water partition coefficient (Wildman–Crippen LogP) is 2.35. The number of rotatable bonds is 6. The molecule has 0 N–H and O–H groups in total. The summed E-state index contributed by atoms with van der Waals surface area (Å²) in [6.45, 7) is 0. The van der Waals surface area contributed by atoms with Crippen molar-refractivity contribution in [2.45, 2.75) is 18.8 Å². The molecule has 0 amide bonds. The summed E-state index contributed by atoms with van der Waals surface area (Å²) in [4.78, 5) is 4.08. The Balaban J connectivity index is 2.09. The topological polar surface area (TPSA) is 53.7 Å². The van der Waals surface area contributed by atoms with E-state index in [2.05, 4.69) is 4.98 Å². The van der Waals surface area contributed by atoms with Crippen LogP contribution in [0.2, 0.25) is 0 Å². The summed E-state index contributed by atoms with van der Waals surface area (Å²) in [6.07, 6.45) is 2.79. The molecule has 0 bridgehead atoms. The second-order valence-electron chi connectivity index (χ2n) is 3.95. The van der Waals surface area contributed by atoms with Gasteiger partial charge in [-0.25, -0.2) is 4.98 Å². The fraction of sp³-hybridized carbons (Fsp3) is 0.462. The van der Waals surface area contributed by atoms with E-state index in [0.717, 1.165) is 23.1 Å². The molecule has 0 aliphatic heterocycles. The van der Waals surface area contributed by atoms with E-state index in [9.17, 15) is 0 Å². The van der Waals surface area contributed by atoms with Gasteiger partial charge in [0.1, 0.15) is 5.52 Å². The zero-order valence-corrected chi connectivity index (χ0v) is 10.8. The van der Waals surface area contributed by atoms with Crippen LogP contribution in [0, 0.1) is 0 Å². The van der Waals surface area contributed by atoms with Crippen molar-refractivity contribution in [2.24, 2.45) is 0 Å². The van der Waals surface area contributed by atoms with Gasteiger partial charge in [0.15, 0.2) is 12.0 Å². The summed E-state index contributed by atoms with van der Waals surface area (Å²) in [5.74, 6) is -0.990. The minimum Gasteiger partial charge on any atom is -0.443 e. The average Bonchev–Trinajstić information content (AvgIpc) is 2.88. The van der Waals surface area contributed by atoms with Crippen molar-refractivity contribution in [1.29, 1.82) is 0 Å². The Hall–Kier alpha value is -1.43. The molecule has 0 saturated heterocycles. The van der Waals surface area contributed by atoms with Gasteiger partial charge in [-0.1, -0.05) is 6.07 Å². The van der Waals surface area contributed by atoms with Gasteiger partial charge in [0.2, 0.25) is 0 Å². The largest absolute Gasteiger partial charge is 0.443 e.